The maximum Gasteiger partial charge on any atom is 0.466 e. The van der Waals surface area contributed by atoms with E-state index in [0.29, 0.717) is 0 Å². The summed E-state index contributed by atoms with van der Waals surface area (Å²) in [5.41, 5.74) is 0. The summed E-state index contributed by atoms with van der Waals surface area (Å²) in [5.74, 6) is 0. The lowest BCUT2D eigenvalue weighted by Gasteiger charge is -1.88. The molecule has 0 radical (unpaired) electrons. The van der Waals surface area contributed by atoms with Gasteiger partial charge in [0.15, 0.2) is 0 Å². The Labute approximate surface area is 148 Å². The molecule has 25 heteroatoms. The van der Waals surface area contributed by atoms with Gasteiger partial charge in [-0.3, -0.25) is 0 Å². The first-order chi connectivity index (χ1) is 10.0. The standard InChI is InChI=1S/3H3O4P.2H3O3PS/c3*1-5(2,3)4;2*1-4(2,3)5/h3*(H3,1,2,3,4);2*(H3,1,2,3,5). The average Bonchev–Trinajstić information content (AvgIpc) is 1.79. The normalized spacial score (nSPS) is 11.8. The second kappa shape index (κ2) is 15.3. The van der Waals surface area contributed by atoms with Crippen molar-refractivity contribution in [1.82, 2.24) is 0 Å². The van der Waals surface area contributed by atoms with Gasteiger partial charge in [0.2, 0.25) is 0 Å². The number of hydrogen-bond donors (Lipinski definition) is 15. The van der Waals surface area contributed by atoms with Crippen molar-refractivity contribution in [3.63, 3.8) is 0 Å². The highest BCUT2D eigenvalue weighted by atomic mass is 32.7. The third kappa shape index (κ3) is 7480. The molecule has 0 saturated heterocycles. The first-order valence-corrected chi connectivity index (χ1v) is 14.0. The van der Waals surface area contributed by atoms with Gasteiger partial charge in [0.05, 0.1) is 0 Å². The van der Waals surface area contributed by atoms with Crippen molar-refractivity contribution in [2.75, 3.05) is 0 Å². The van der Waals surface area contributed by atoms with Crippen molar-refractivity contribution in [2.24, 2.45) is 0 Å². The first-order valence-electron chi connectivity index (χ1n) is 3.91. The lowest BCUT2D eigenvalue weighted by molar-refractivity contribution is 0.272. The van der Waals surface area contributed by atoms with Crippen LogP contribution in [0.1, 0.15) is 0 Å². The van der Waals surface area contributed by atoms with Crippen LogP contribution in [0.2, 0.25) is 0 Å². The van der Waals surface area contributed by atoms with Crippen LogP contribution in [0.4, 0.5) is 0 Å². The van der Waals surface area contributed by atoms with Crippen molar-refractivity contribution >= 4 is 61.0 Å². The second-order valence-electron chi connectivity index (χ2n) is 2.57. The number of rotatable bonds is 0. The van der Waals surface area contributed by atoms with Gasteiger partial charge in [-0.15, -0.1) is 0 Å². The van der Waals surface area contributed by atoms with Crippen LogP contribution in [0.5, 0.6) is 0 Å². The molecular formula is H15O18P5S2. The Morgan fingerprint density at radius 2 is 0.480 bits per heavy atom. The van der Waals surface area contributed by atoms with Gasteiger partial charge >= 0.3 is 37.0 Å². The van der Waals surface area contributed by atoms with Crippen LogP contribution in [0.25, 0.3) is 0 Å². The third-order valence-corrected chi connectivity index (χ3v) is 0. The highest BCUT2D eigenvalue weighted by molar-refractivity contribution is 8.43. The van der Waals surface area contributed by atoms with Crippen molar-refractivity contribution in [1.29, 1.82) is 0 Å². The Bertz CT molecular complexity index is 374. The SMILES string of the molecule is O=P(O)(O)O.O=P(O)(O)O.O=P(O)(O)O.O=P(O)(O)S.OP(O)(O)=S. The van der Waals surface area contributed by atoms with Crippen LogP contribution in [0.15, 0.2) is 0 Å². The van der Waals surface area contributed by atoms with Crippen molar-refractivity contribution in [3.8, 4) is 0 Å². The van der Waals surface area contributed by atoms with Gasteiger partial charge < -0.3 is 68.5 Å². The molecule has 0 bridgehead atoms. The van der Waals surface area contributed by atoms with E-state index in [4.69, 9.17) is 82.2 Å². The van der Waals surface area contributed by atoms with Gasteiger partial charge in [-0.25, -0.2) is 18.3 Å². The largest absolute Gasteiger partial charge is 0.466 e. The maximum atomic E-state index is 9.19. The maximum absolute atomic E-state index is 9.19. The topological polar surface area (TPSA) is 352 Å². The highest BCUT2D eigenvalue weighted by Crippen LogP contribution is 2.39. The zero-order valence-electron chi connectivity index (χ0n) is 11.0. The highest BCUT2D eigenvalue weighted by Gasteiger charge is 2.01. The Hall–Kier alpha value is 1.36. The molecule has 0 aliphatic rings. The molecule has 0 amide bonds. The van der Waals surface area contributed by atoms with Crippen LogP contribution in [-0.2, 0) is 30.1 Å². The van der Waals surface area contributed by atoms with Crippen LogP contribution >= 0.6 is 49.2 Å². The van der Waals surface area contributed by atoms with E-state index in [9.17, 15) is 4.57 Å². The van der Waals surface area contributed by atoms with Crippen molar-refractivity contribution in [2.45, 2.75) is 0 Å². The molecule has 0 unspecified atom stereocenters. The van der Waals surface area contributed by atoms with E-state index in [-0.39, 0.29) is 0 Å². The molecule has 18 nitrogen and oxygen atoms in total. The van der Waals surface area contributed by atoms with Crippen LogP contribution < -0.4 is 0 Å². The molecule has 0 aliphatic heterocycles. The smallest absolute Gasteiger partial charge is 0.325 e. The monoisotopic (exact) mass is 522 g/mol. The molecule has 0 spiro atoms. The summed E-state index contributed by atoms with van der Waals surface area (Å²) in [6.07, 6.45) is 0. The van der Waals surface area contributed by atoms with E-state index in [1.807, 2.05) is 0 Å². The first kappa shape index (κ1) is 37.2. The van der Waals surface area contributed by atoms with Crippen LogP contribution in [0.3, 0.4) is 0 Å². The Balaban J connectivity index is -0.0000000667. The van der Waals surface area contributed by atoms with E-state index >= 15 is 0 Å². The zero-order valence-corrected chi connectivity index (χ0v) is 17.2. The van der Waals surface area contributed by atoms with Crippen molar-refractivity contribution in [3.05, 3.63) is 0 Å². The number of thiol groups is 1. The van der Waals surface area contributed by atoms with E-state index in [1.165, 1.54) is 0 Å². The molecular weight excluding hydrogens is 507 g/mol. The predicted octanol–water partition coefficient (Wildman–Crippen LogP) is -3.59. The van der Waals surface area contributed by atoms with Gasteiger partial charge in [0.25, 0.3) is 0 Å². The second-order valence-corrected chi connectivity index (χ2v) is 10.7. The van der Waals surface area contributed by atoms with Gasteiger partial charge in [-0.05, 0) is 11.8 Å². The van der Waals surface area contributed by atoms with E-state index < -0.39 is 37.0 Å². The Morgan fingerprint density at radius 3 is 0.480 bits per heavy atom. The molecule has 25 heavy (non-hydrogen) atoms. The van der Waals surface area contributed by atoms with Gasteiger partial charge in [-0.1, -0.05) is 12.2 Å². The number of hydrogen-bond acceptors (Lipinski definition) is 5. The zero-order chi connectivity index (χ0) is 22.5. The average molecular weight is 522 g/mol. The molecule has 0 heterocycles. The lowest BCUT2D eigenvalue weighted by Crippen LogP contribution is -1.66. The Morgan fingerprint density at radius 1 is 0.480 bits per heavy atom. The molecule has 0 atom stereocenters. The summed E-state index contributed by atoms with van der Waals surface area (Å²) in [7, 11) is -13.9. The fraction of sp³-hybridized carbons (Fsp3) is 0. The molecule has 0 rings (SSSR count). The van der Waals surface area contributed by atoms with E-state index in [0.717, 1.165) is 0 Å². The molecule has 160 valence electrons. The minimum Gasteiger partial charge on any atom is -0.325 e. The fourth-order valence-corrected chi connectivity index (χ4v) is 0. The summed E-state index contributed by atoms with van der Waals surface area (Å²) in [6.45, 7) is -7.75. The van der Waals surface area contributed by atoms with Crippen LogP contribution in [-0.4, -0.2) is 68.5 Å². The number of phosphoric acid groups is 3. The summed E-state index contributed by atoms with van der Waals surface area (Å²) in [4.78, 5) is 102. The van der Waals surface area contributed by atoms with Gasteiger partial charge in [0, 0.05) is 0 Å². The molecule has 0 saturated carbocycles. The summed E-state index contributed by atoms with van der Waals surface area (Å²) in [5, 5.41) is 0. The summed E-state index contributed by atoms with van der Waals surface area (Å²) < 4.78 is 35.8. The minimum atomic E-state index is -4.64. The molecule has 0 aliphatic carbocycles. The predicted molar refractivity (Wildman–Crippen MR) is 84.8 cm³/mol. The molecule has 0 aromatic carbocycles. The summed E-state index contributed by atoms with van der Waals surface area (Å²) in [6, 6.07) is 0. The fourth-order valence-electron chi connectivity index (χ4n) is 0. The quantitative estimate of drug-likeness (QED) is 0.108. The summed E-state index contributed by atoms with van der Waals surface area (Å²) >= 11 is 6.39. The molecule has 0 fully saturated rings. The van der Waals surface area contributed by atoms with Gasteiger partial charge in [-0.2, -0.15) is 0 Å². The molecule has 0 aromatic heterocycles. The van der Waals surface area contributed by atoms with E-state index in [1.54, 1.807) is 0 Å². The minimum absolute atomic E-state index is 2.79. The van der Waals surface area contributed by atoms with Crippen molar-refractivity contribution < 1.29 is 86.8 Å². The van der Waals surface area contributed by atoms with E-state index in [2.05, 4.69) is 24.1 Å². The Kier molecular flexibility index (Phi) is 22.7. The molecule has 0 aromatic rings. The lowest BCUT2D eigenvalue weighted by atomic mass is 15.8. The van der Waals surface area contributed by atoms with Gasteiger partial charge in [0.1, 0.15) is 0 Å². The molecule has 14 N–H and O–H groups in total. The van der Waals surface area contributed by atoms with Crippen LogP contribution in [0, 0.1) is 0 Å². The third-order valence-electron chi connectivity index (χ3n) is 0.